The first-order chi connectivity index (χ1) is 15.7. The second-order valence-electron chi connectivity index (χ2n) is 8.06. The molecule has 1 aliphatic rings. The Labute approximate surface area is 194 Å². The first kappa shape index (κ1) is 21.1. The Morgan fingerprint density at radius 3 is 2.72 bits per heavy atom. The molecular formula is C23H26N6OS2. The maximum Gasteiger partial charge on any atom is 0.256 e. The monoisotopic (exact) mass is 466 g/mol. The van der Waals surface area contributed by atoms with Crippen molar-refractivity contribution in [3.8, 4) is 9.88 Å². The number of carbonyl (C=O) groups excluding carboxylic acids is 1. The number of carbonyl (C=O) groups is 1. The summed E-state index contributed by atoms with van der Waals surface area (Å²) in [5, 5.41) is 14.7. The summed E-state index contributed by atoms with van der Waals surface area (Å²) >= 11 is 3.24. The van der Waals surface area contributed by atoms with E-state index in [-0.39, 0.29) is 5.91 Å². The largest absolute Gasteiger partial charge is 0.384 e. The van der Waals surface area contributed by atoms with Crippen LogP contribution in [0.1, 0.15) is 34.5 Å². The molecule has 4 heterocycles. The van der Waals surface area contributed by atoms with Crippen LogP contribution in [0.2, 0.25) is 0 Å². The number of likely N-dealkylation sites (tertiary alicyclic amines) is 1. The number of fused-ring (bicyclic) bond motifs is 1. The zero-order chi connectivity index (χ0) is 21.9. The molecule has 0 radical (unpaired) electrons. The van der Waals surface area contributed by atoms with Gasteiger partial charge in [-0.25, -0.2) is 4.98 Å². The number of anilines is 2. The van der Waals surface area contributed by atoms with Gasteiger partial charge >= 0.3 is 0 Å². The first-order valence-electron chi connectivity index (χ1n) is 10.9. The van der Waals surface area contributed by atoms with Gasteiger partial charge < -0.3 is 15.5 Å². The van der Waals surface area contributed by atoms with Crippen molar-refractivity contribution in [2.75, 3.05) is 36.8 Å². The molecule has 1 aromatic carbocycles. The average molecular weight is 467 g/mol. The lowest BCUT2D eigenvalue weighted by atomic mass is 10.1. The minimum atomic E-state index is -0.168. The highest BCUT2D eigenvalue weighted by molar-refractivity contribution is 7.26. The van der Waals surface area contributed by atoms with Gasteiger partial charge in [-0.1, -0.05) is 6.42 Å². The van der Waals surface area contributed by atoms with E-state index in [2.05, 4.69) is 30.7 Å². The van der Waals surface area contributed by atoms with Gasteiger partial charge in [0, 0.05) is 35.4 Å². The van der Waals surface area contributed by atoms with Crippen LogP contribution in [0, 0.1) is 6.92 Å². The standard InChI is InChI=1S/C23H26N6OS2/c1-15-14-25-23(31-15)19-13-18-20(32-19)21(28-27-18)26-22(30)16-5-7-17(8-6-16)24-9-12-29-10-3-2-4-11-29/h5-8,13-14,24H,2-4,9-12H2,1H3,(H2,26,27,28,30). The fourth-order valence-electron chi connectivity index (χ4n) is 3.94. The van der Waals surface area contributed by atoms with Crippen molar-refractivity contribution in [1.29, 1.82) is 0 Å². The number of aromatic amines is 1. The summed E-state index contributed by atoms with van der Waals surface area (Å²) < 4.78 is 0.928. The summed E-state index contributed by atoms with van der Waals surface area (Å²) in [6.07, 6.45) is 5.85. The SMILES string of the molecule is Cc1cnc(-c2cc3[nH]nc(NC(=O)c4ccc(NCCN5CCCCC5)cc4)c3s2)s1. The van der Waals surface area contributed by atoms with Crippen molar-refractivity contribution >= 4 is 50.3 Å². The minimum Gasteiger partial charge on any atom is -0.384 e. The Morgan fingerprint density at radius 1 is 1.16 bits per heavy atom. The molecule has 32 heavy (non-hydrogen) atoms. The van der Waals surface area contributed by atoms with Crippen LogP contribution in [-0.4, -0.2) is 52.2 Å². The van der Waals surface area contributed by atoms with Gasteiger partial charge in [0.1, 0.15) is 5.01 Å². The smallest absolute Gasteiger partial charge is 0.256 e. The fraction of sp³-hybridized carbons (Fsp3) is 0.348. The van der Waals surface area contributed by atoms with Crippen molar-refractivity contribution in [3.63, 3.8) is 0 Å². The minimum absolute atomic E-state index is 0.168. The third-order valence-corrected chi connectivity index (χ3v) is 7.88. The molecule has 0 unspecified atom stereocenters. The number of hydrogen-bond donors (Lipinski definition) is 3. The number of rotatable bonds is 7. The molecule has 1 amide bonds. The summed E-state index contributed by atoms with van der Waals surface area (Å²) in [7, 11) is 0. The van der Waals surface area contributed by atoms with Crippen molar-refractivity contribution in [3.05, 3.63) is 47.0 Å². The zero-order valence-corrected chi connectivity index (χ0v) is 19.6. The topological polar surface area (TPSA) is 85.9 Å². The Balaban J connectivity index is 1.20. The van der Waals surface area contributed by atoms with Crippen LogP contribution in [0.4, 0.5) is 11.5 Å². The van der Waals surface area contributed by atoms with Gasteiger partial charge in [0.15, 0.2) is 5.82 Å². The molecule has 3 N–H and O–H groups in total. The van der Waals surface area contributed by atoms with E-state index in [1.54, 1.807) is 22.7 Å². The highest BCUT2D eigenvalue weighted by atomic mass is 32.1. The lowest BCUT2D eigenvalue weighted by molar-refractivity contribution is 0.102. The molecule has 0 atom stereocenters. The first-order valence-corrected chi connectivity index (χ1v) is 12.6. The van der Waals surface area contributed by atoms with E-state index in [1.807, 2.05) is 43.5 Å². The van der Waals surface area contributed by atoms with Crippen LogP contribution in [-0.2, 0) is 0 Å². The number of hydrogen-bond acceptors (Lipinski definition) is 7. The zero-order valence-electron chi connectivity index (χ0n) is 18.0. The number of nitrogens with one attached hydrogen (secondary N) is 3. The Bertz CT molecular complexity index is 1200. The number of amides is 1. The maximum absolute atomic E-state index is 12.8. The van der Waals surface area contributed by atoms with Gasteiger partial charge in [0.25, 0.3) is 5.91 Å². The van der Waals surface area contributed by atoms with Crippen LogP contribution in [0.5, 0.6) is 0 Å². The van der Waals surface area contributed by atoms with E-state index in [9.17, 15) is 4.79 Å². The molecule has 0 spiro atoms. The van der Waals surface area contributed by atoms with E-state index in [0.29, 0.717) is 11.4 Å². The second-order valence-corrected chi connectivity index (χ2v) is 10.3. The van der Waals surface area contributed by atoms with Crippen molar-refractivity contribution in [1.82, 2.24) is 20.1 Å². The van der Waals surface area contributed by atoms with Gasteiger partial charge in [0.05, 0.1) is 15.1 Å². The van der Waals surface area contributed by atoms with E-state index >= 15 is 0 Å². The second kappa shape index (κ2) is 9.40. The number of thiophene rings is 1. The van der Waals surface area contributed by atoms with Crippen LogP contribution < -0.4 is 10.6 Å². The van der Waals surface area contributed by atoms with Crippen molar-refractivity contribution in [2.45, 2.75) is 26.2 Å². The van der Waals surface area contributed by atoms with Gasteiger partial charge in [-0.05, 0) is 63.2 Å². The molecular weight excluding hydrogens is 440 g/mol. The quantitative estimate of drug-likeness (QED) is 0.348. The summed E-state index contributed by atoms with van der Waals surface area (Å²) in [5.41, 5.74) is 2.54. The predicted molar refractivity (Wildman–Crippen MR) is 133 cm³/mol. The lowest BCUT2D eigenvalue weighted by Crippen LogP contribution is -2.33. The normalized spacial score (nSPS) is 14.7. The number of aromatic nitrogens is 3. The molecule has 1 fully saturated rings. The molecule has 1 saturated heterocycles. The number of nitrogens with zero attached hydrogens (tertiary/aromatic N) is 3. The average Bonchev–Trinajstić information content (AvgIpc) is 3.52. The number of benzene rings is 1. The molecule has 0 bridgehead atoms. The van der Waals surface area contributed by atoms with E-state index < -0.39 is 0 Å². The molecule has 4 aromatic rings. The van der Waals surface area contributed by atoms with Gasteiger partial charge in [0.2, 0.25) is 0 Å². The molecule has 166 valence electrons. The van der Waals surface area contributed by atoms with Crippen molar-refractivity contribution < 1.29 is 4.79 Å². The van der Waals surface area contributed by atoms with Gasteiger partial charge in [-0.2, -0.15) is 5.10 Å². The summed E-state index contributed by atoms with van der Waals surface area (Å²) in [6, 6.07) is 9.64. The summed E-state index contributed by atoms with van der Waals surface area (Å²) in [5.74, 6) is 0.386. The molecule has 0 saturated carbocycles. The van der Waals surface area contributed by atoms with Crippen LogP contribution >= 0.6 is 22.7 Å². The van der Waals surface area contributed by atoms with Gasteiger partial charge in [-0.15, -0.1) is 22.7 Å². The van der Waals surface area contributed by atoms with Crippen molar-refractivity contribution in [2.24, 2.45) is 0 Å². The van der Waals surface area contributed by atoms with Crippen LogP contribution in [0.3, 0.4) is 0 Å². The number of piperidine rings is 1. The maximum atomic E-state index is 12.8. The number of H-pyrrole nitrogens is 1. The lowest BCUT2D eigenvalue weighted by Gasteiger charge is -2.26. The number of thiazole rings is 1. The van der Waals surface area contributed by atoms with E-state index in [4.69, 9.17) is 0 Å². The Morgan fingerprint density at radius 2 is 1.97 bits per heavy atom. The number of aryl methyl sites for hydroxylation is 1. The fourth-order valence-corrected chi connectivity index (χ4v) is 5.81. The van der Waals surface area contributed by atoms with Crippen LogP contribution in [0.15, 0.2) is 36.5 Å². The Kier molecular flexibility index (Phi) is 6.20. The molecule has 9 heteroatoms. The third kappa shape index (κ3) is 4.69. The molecule has 5 rings (SSSR count). The van der Waals surface area contributed by atoms with E-state index in [0.717, 1.165) is 38.9 Å². The highest BCUT2D eigenvalue weighted by Gasteiger charge is 2.16. The summed E-state index contributed by atoms with van der Waals surface area (Å²) in [6.45, 7) is 6.42. The van der Waals surface area contributed by atoms with Gasteiger partial charge in [-0.3, -0.25) is 9.89 Å². The third-order valence-electron chi connectivity index (χ3n) is 5.65. The predicted octanol–water partition coefficient (Wildman–Crippen LogP) is 5.21. The summed E-state index contributed by atoms with van der Waals surface area (Å²) in [4.78, 5) is 22.0. The molecule has 3 aromatic heterocycles. The molecule has 7 nitrogen and oxygen atoms in total. The highest BCUT2D eigenvalue weighted by Crippen LogP contribution is 2.37. The molecule has 0 aliphatic carbocycles. The Hall–Kier alpha value is -2.75. The van der Waals surface area contributed by atoms with Crippen LogP contribution in [0.25, 0.3) is 20.1 Å². The van der Waals surface area contributed by atoms with E-state index in [1.165, 1.54) is 37.2 Å². The molecule has 1 aliphatic heterocycles.